The predicted molar refractivity (Wildman–Crippen MR) is 78.8 cm³/mol. The molecular formula is C16H15F4N3O. The van der Waals surface area contributed by atoms with Gasteiger partial charge in [-0.25, -0.2) is 9.37 Å². The van der Waals surface area contributed by atoms with Crippen molar-refractivity contribution in [2.24, 2.45) is 0 Å². The minimum atomic E-state index is -4.67. The number of nitrogens with one attached hydrogen (secondary N) is 1. The van der Waals surface area contributed by atoms with Crippen LogP contribution in [0.2, 0.25) is 0 Å². The van der Waals surface area contributed by atoms with Crippen molar-refractivity contribution in [3.8, 4) is 0 Å². The molecule has 8 heteroatoms. The monoisotopic (exact) mass is 341 g/mol. The summed E-state index contributed by atoms with van der Waals surface area (Å²) >= 11 is 0. The third-order valence-corrected chi connectivity index (χ3v) is 4.04. The Hall–Kier alpha value is -2.22. The lowest BCUT2D eigenvalue weighted by molar-refractivity contribution is -0.145. The third kappa shape index (κ3) is 3.33. The quantitative estimate of drug-likeness (QED) is 0.855. The molecular weight excluding hydrogens is 326 g/mol. The van der Waals surface area contributed by atoms with E-state index in [4.69, 9.17) is 0 Å². The Labute approximate surface area is 135 Å². The van der Waals surface area contributed by atoms with Crippen LogP contribution in [0.15, 0.2) is 23.0 Å². The summed E-state index contributed by atoms with van der Waals surface area (Å²) in [6, 6.07) is 4.76. The van der Waals surface area contributed by atoms with E-state index >= 15 is 0 Å². The van der Waals surface area contributed by atoms with Crippen LogP contribution in [0.25, 0.3) is 0 Å². The van der Waals surface area contributed by atoms with Gasteiger partial charge in [-0.05, 0) is 24.1 Å². The standard InChI is InChI=1S/C16H15F4N3O/c1-9-6-10(2-3-12(9)17)7-23-5-4-13-11(8-23)14(24)22-15(21-13)16(18,19)20/h2-3,6H,4-5,7-8H2,1H3,(H,21,22,24). The molecule has 0 unspecified atom stereocenters. The maximum Gasteiger partial charge on any atom is 0.449 e. The number of halogens is 4. The highest BCUT2D eigenvalue weighted by Crippen LogP contribution is 2.26. The number of hydrogen-bond donors (Lipinski definition) is 1. The molecule has 3 rings (SSSR count). The van der Waals surface area contributed by atoms with E-state index < -0.39 is 17.6 Å². The molecule has 0 fully saturated rings. The average Bonchev–Trinajstić information content (AvgIpc) is 2.50. The topological polar surface area (TPSA) is 49.0 Å². The molecule has 0 saturated heterocycles. The van der Waals surface area contributed by atoms with Crippen LogP contribution in [0.5, 0.6) is 0 Å². The first-order chi connectivity index (χ1) is 11.2. The van der Waals surface area contributed by atoms with E-state index in [9.17, 15) is 22.4 Å². The Morgan fingerprint density at radius 3 is 2.75 bits per heavy atom. The molecule has 0 radical (unpaired) electrons. The smallest absolute Gasteiger partial charge is 0.303 e. The second-order valence-corrected chi connectivity index (χ2v) is 5.88. The molecule has 0 atom stereocenters. The number of fused-ring (bicyclic) bond motifs is 1. The van der Waals surface area contributed by atoms with Crippen molar-refractivity contribution in [2.45, 2.75) is 32.6 Å². The predicted octanol–water partition coefficient (Wildman–Crippen LogP) is 2.79. The lowest BCUT2D eigenvalue weighted by Crippen LogP contribution is -2.36. The van der Waals surface area contributed by atoms with Crippen molar-refractivity contribution in [3.63, 3.8) is 0 Å². The number of aromatic nitrogens is 2. The average molecular weight is 341 g/mol. The van der Waals surface area contributed by atoms with E-state index in [-0.39, 0.29) is 30.0 Å². The van der Waals surface area contributed by atoms with Gasteiger partial charge < -0.3 is 4.98 Å². The summed E-state index contributed by atoms with van der Waals surface area (Å²) in [5, 5.41) is 0. The fourth-order valence-corrected chi connectivity index (χ4v) is 2.81. The van der Waals surface area contributed by atoms with Crippen molar-refractivity contribution in [2.75, 3.05) is 6.54 Å². The first-order valence-electron chi connectivity index (χ1n) is 7.40. The van der Waals surface area contributed by atoms with Gasteiger partial charge >= 0.3 is 6.18 Å². The van der Waals surface area contributed by atoms with E-state index in [1.807, 2.05) is 9.88 Å². The summed E-state index contributed by atoms with van der Waals surface area (Å²) in [7, 11) is 0. The minimum Gasteiger partial charge on any atom is -0.303 e. The second-order valence-electron chi connectivity index (χ2n) is 5.88. The number of hydrogen-bond acceptors (Lipinski definition) is 3. The number of aryl methyl sites for hydroxylation is 1. The van der Waals surface area contributed by atoms with Gasteiger partial charge in [0, 0.05) is 26.1 Å². The number of benzene rings is 1. The zero-order valence-corrected chi connectivity index (χ0v) is 12.9. The Morgan fingerprint density at radius 1 is 1.33 bits per heavy atom. The van der Waals surface area contributed by atoms with Crippen LogP contribution in [0.3, 0.4) is 0 Å². The summed E-state index contributed by atoms with van der Waals surface area (Å²) in [6.45, 7) is 2.85. The van der Waals surface area contributed by atoms with Crippen LogP contribution in [-0.2, 0) is 25.7 Å². The van der Waals surface area contributed by atoms with Gasteiger partial charge in [-0.15, -0.1) is 0 Å². The fraction of sp³-hybridized carbons (Fsp3) is 0.375. The molecule has 1 aliphatic heterocycles. The molecule has 0 saturated carbocycles. The molecule has 1 N–H and O–H groups in total. The SMILES string of the molecule is Cc1cc(CN2CCc3nc(C(F)(F)F)[nH]c(=O)c3C2)ccc1F. The van der Waals surface area contributed by atoms with Crippen molar-refractivity contribution >= 4 is 0 Å². The highest BCUT2D eigenvalue weighted by atomic mass is 19.4. The largest absolute Gasteiger partial charge is 0.449 e. The van der Waals surface area contributed by atoms with Gasteiger partial charge in [0.05, 0.1) is 11.3 Å². The third-order valence-electron chi connectivity index (χ3n) is 4.04. The molecule has 2 heterocycles. The molecule has 1 aromatic carbocycles. The molecule has 1 aromatic heterocycles. The van der Waals surface area contributed by atoms with Gasteiger partial charge in [0.2, 0.25) is 5.82 Å². The molecule has 24 heavy (non-hydrogen) atoms. The summed E-state index contributed by atoms with van der Waals surface area (Å²) < 4.78 is 51.4. The number of alkyl halides is 3. The Morgan fingerprint density at radius 2 is 2.08 bits per heavy atom. The van der Waals surface area contributed by atoms with E-state index in [1.165, 1.54) is 6.07 Å². The Bertz CT molecular complexity index is 829. The minimum absolute atomic E-state index is 0.192. The maximum atomic E-state index is 13.3. The molecule has 0 bridgehead atoms. The molecule has 2 aromatic rings. The normalized spacial score (nSPS) is 15.4. The number of rotatable bonds is 2. The van der Waals surface area contributed by atoms with Crippen molar-refractivity contribution < 1.29 is 17.6 Å². The highest BCUT2D eigenvalue weighted by Gasteiger charge is 2.35. The maximum absolute atomic E-state index is 13.3. The van der Waals surface area contributed by atoms with Gasteiger partial charge in [0.1, 0.15) is 5.82 Å². The first kappa shape index (κ1) is 16.6. The van der Waals surface area contributed by atoms with E-state index in [0.717, 1.165) is 5.56 Å². The summed E-state index contributed by atoms with van der Waals surface area (Å²) in [5.41, 5.74) is 1.10. The van der Waals surface area contributed by atoms with E-state index in [2.05, 4.69) is 4.98 Å². The van der Waals surface area contributed by atoms with Gasteiger partial charge in [0.15, 0.2) is 0 Å². The summed E-state index contributed by atoms with van der Waals surface area (Å²) in [6.07, 6.45) is -4.40. The number of nitrogens with zero attached hydrogens (tertiary/aromatic N) is 2. The number of H-pyrrole nitrogens is 1. The molecule has 4 nitrogen and oxygen atoms in total. The van der Waals surface area contributed by atoms with Gasteiger partial charge in [-0.2, -0.15) is 13.2 Å². The molecule has 128 valence electrons. The lowest BCUT2D eigenvalue weighted by atomic mass is 10.1. The van der Waals surface area contributed by atoms with Gasteiger partial charge in [0.25, 0.3) is 5.56 Å². The van der Waals surface area contributed by atoms with Crippen LogP contribution in [0.1, 0.15) is 28.2 Å². The van der Waals surface area contributed by atoms with Crippen molar-refractivity contribution in [1.29, 1.82) is 0 Å². The molecule has 0 spiro atoms. The second kappa shape index (κ2) is 6.01. The highest BCUT2D eigenvalue weighted by molar-refractivity contribution is 5.25. The molecule has 1 aliphatic rings. The van der Waals surface area contributed by atoms with Crippen molar-refractivity contribution in [1.82, 2.24) is 14.9 Å². The number of aromatic amines is 1. The van der Waals surface area contributed by atoms with Crippen molar-refractivity contribution in [3.05, 3.63) is 62.6 Å². The Balaban J connectivity index is 1.82. The van der Waals surface area contributed by atoms with Crippen LogP contribution >= 0.6 is 0 Å². The van der Waals surface area contributed by atoms with E-state index in [1.54, 1.807) is 19.1 Å². The first-order valence-corrected chi connectivity index (χ1v) is 7.40. The summed E-state index contributed by atoms with van der Waals surface area (Å²) in [4.78, 5) is 19.3. The van der Waals surface area contributed by atoms with E-state index in [0.29, 0.717) is 18.7 Å². The van der Waals surface area contributed by atoms with Crippen LogP contribution < -0.4 is 5.56 Å². The van der Waals surface area contributed by atoms with Gasteiger partial charge in [-0.1, -0.05) is 12.1 Å². The van der Waals surface area contributed by atoms with Crippen LogP contribution in [0.4, 0.5) is 17.6 Å². The Kier molecular flexibility index (Phi) is 4.16. The van der Waals surface area contributed by atoms with Crippen LogP contribution in [0, 0.1) is 12.7 Å². The molecule has 0 aliphatic carbocycles. The van der Waals surface area contributed by atoms with Gasteiger partial charge in [-0.3, -0.25) is 9.69 Å². The zero-order chi connectivity index (χ0) is 17.5. The summed E-state index contributed by atoms with van der Waals surface area (Å²) in [5.74, 6) is -1.54. The van der Waals surface area contributed by atoms with Crippen LogP contribution in [-0.4, -0.2) is 21.4 Å². The molecule has 0 amide bonds. The fourth-order valence-electron chi connectivity index (χ4n) is 2.81. The lowest BCUT2D eigenvalue weighted by Gasteiger charge is -2.28. The zero-order valence-electron chi connectivity index (χ0n) is 12.9.